The Morgan fingerprint density at radius 3 is 2.38 bits per heavy atom. The highest BCUT2D eigenvalue weighted by molar-refractivity contribution is 14.1. The summed E-state index contributed by atoms with van der Waals surface area (Å²) in [5.74, 6) is -0.0932. The van der Waals surface area contributed by atoms with E-state index in [1.165, 1.54) is 12.1 Å². The molecule has 1 N–H and O–H groups in total. The van der Waals surface area contributed by atoms with E-state index in [0.29, 0.717) is 16.5 Å². The molecule has 0 saturated carbocycles. The van der Waals surface area contributed by atoms with Crippen LogP contribution in [0.4, 0.5) is 14.9 Å². The van der Waals surface area contributed by atoms with Crippen LogP contribution in [0.5, 0.6) is 5.75 Å². The molecule has 1 aliphatic rings. The Morgan fingerprint density at radius 2 is 1.72 bits per heavy atom. The number of nitrogens with zero attached hydrogens (tertiary/aromatic N) is 1. The van der Waals surface area contributed by atoms with Gasteiger partial charge in [0.15, 0.2) is 0 Å². The third-order valence-electron chi connectivity index (χ3n) is 4.57. The molecule has 0 aliphatic carbocycles. The number of hydrogen-bond acceptors (Lipinski definition) is 3. The predicted octanol–water partition coefficient (Wildman–Crippen LogP) is 6.36. The molecule has 1 aliphatic heterocycles. The average molecular weight is 675 g/mol. The van der Waals surface area contributed by atoms with E-state index < -0.39 is 11.9 Å². The van der Waals surface area contributed by atoms with Crippen LogP contribution < -0.4 is 15.0 Å². The minimum absolute atomic E-state index is 0.171. The van der Waals surface area contributed by atoms with Crippen molar-refractivity contribution in [2.24, 2.45) is 0 Å². The molecule has 0 atom stereocenters. The molecule has 0 spiro atoms. The molecule has 162 valence electrons. The molecular weight excluding hydrogens is 661 g/mol. The maximum atomic E-state index is 13.4. The smallest absolute Gasteiger partial charge is 0.333 e. The van der Waals surface area contributed by atoms with Crippen LogP contribution >= 0.6 is 56.8 Å². The van der Waals surface area contributed by atoms with E-state index in [1.54, 1.807) is 42.5 Å². The highest BCUT2D eigenvalue weighted by Crippen LogP contribution is 2.31. The number of halogens is 4. The molecule has 3 amide bonds. The van der Waals surface area contributed by atoms with Crippen molar-refractivity contribution in [1.29, 1.82) is 0 Å². The predicted molar refractivity (Wildman–Crippen MR) is 138 cm³/mol. The van der Waals surface area contributed by atoms with E-state index in [1.807, 2.05) is 12.1 Å². The van der Waals surface area contributed by atoms with Crippen LogP contribution in [0.2, 0.25) is 5.02 Å². The van der Waals surface area contributed by atoms with Gasteiger partial charge in [-0.1, -0.05) is 23.7 Å². The minimum Gasteiger partial charge on any atom is -0.487 e. The van der Waals surface area contributed by atoms with Gasteiger partial charge in [-0.3, -0.25) is 4.79 Å². The van der Waals surface area contributed by atoms with E-state index in [9.17, 15) is 14.0 Å². The van der Waals surface area contributed by atoms with Gasteiger partial charge in [0, 0.05) is 5.02 Å². The number of ether oxygens (including phenoxy) is 1. The Labute approximate surface area is 215 Å². The van der Waals surface area contributed by atoms with Crippen molar-refractivity contribution in [1.82, 2.24) is 5.32 Å². The fourth-order valence-electron chi connectivity index (χ4n) is 3.11. The molecule has 9 heteroatoms. The number of carbonyl (C=O) groups is 2. The summed E-state index contributed by atoms with van der Waals surface area (Å²) in [5, 5.41) is 3.13. The summed E-state index contributed by atoms with van der Waals surface area (Å²) in [5.41, 5.74) is 2.07. The maximum Gasteiger partial charge on any atom is 0.333 e. The lowest BCUT2D eigenvalue weighted by Gasteiger charge is -2.12. The van der Waals surface area contributed by atoms with Crippen LogP contribution in [0, 0.1) is 13.0 Å². The highest BCUT2D eigenvalue weighted by atomic mass is 127. The number of nitrogens with one attached hydrogen (secondary N) is 1. The van der Waals surface area contributed by atoms with E-state index in [2.05, 4.69) is 50.5 Å². The summed E-state index contributed by atoms with van der Waals surface area (Å²) in [6.45, 7) is 0.231. The number of imide groups is 1. The number of rotatable bonds is 5. The molecule has 3 aromatic carbocycles. The molecule has 0 radical (unpaired) electrons. The summed E-state index contributed by atoms with van der Waals surface area (Å²) >= 11 is 10.2. The van der Waals surface area contributed by atoms with Gasteiger partial charge in [0.2, 0.25) is 0 Å². The van der Waals surface area contributed by atoms with E-state index in [0.717, 1.165) is 23.2 Å². The van der Waals surface area contributed by atoms with Crippen molar-refractivity contribution >= 4 is 80.5 Å². The lowest BCUT2D eigenvalue weighted by Crippen LogP contribution is -2.30. The van der Waals surface area contributed by atoms with Crippen molar-refractivity contribution in [2.45, 2.75) is 6.61 Å². The molecular formula is C23H14ClFI2N2O3. The summed E-state index contributed by atoms with van der Waals surface area (Å²) < 4.78 is 20.9. The summed E-state index contributed by atoms with van der Waals surface area (Å²) in [4.78, 5) is 26.2. The molecule has 4 rings (SSSR count). The topological polar surface area (TPSA) is 58.6 Å². The van der Waals surface area contributed by atoms with Crippen molar-refractivity contribution in [3.8, 4) is 5.75 Å². The van der Waals surface area contributed by atoms with Gasteiger partial charge in [0.1, 0.15) is 23.9 Å². The van der Waals surface area contributed by atoms with Crippen LogP contribution in [-0.2, 0) is 11.4 Å². The third kappa shape index (κ3) is 5.07. The molecule has 0 bridgehead atoms. The van der Waals surface area contributed by atoms with E-state index in [4.69, 9.17) is 16.3 Å². The van der Waals surface area contributed by atoms with Gasteiger partial charge in [0.25, 0.3) is 5.91 Å². The van der Waals surface area contributed by atoms with Gasteiger partial charge in [0.05, 0.1) is 12.8 Å². The minimum atomic E-state index is -0.525. The number of carbonyl (C=O) groups excluding carboxylic acids is 2. The largest absolute Gasteiger partial charge is 0.487 e. The molecule has 1 fully saturated rings. The lowest BCUT2D eigenvalue weighted by atomic mass is 10.1. The Morgan fingerprint density at radius 1 is 1.03 bits per heavy atom. The first-order valence-corrected chi connectivity index (χ1v) is 11.8. The first kappa shape index (κ1) is 23.0. The summed E-state index contributed by atoms with van der Waals surface area (Å²) in [6, 6.07) is 15.9. The lowest BCUT2D eigenvalue weighted by molar-refractivity contribution is -0.113. The third-order valence-corrected chi connectivity index (χ3v) is 6.42. The normalized spacial score (nSPS) is 14.8. The Hall–Kier alpha value is -2.18. The first-order valence-electron chi connectivity index (χ1n) is 9.31. The fourth-order valence-corrected chi connectivity index (χ4v) is 5.36. The van der Waals surface area contributed by atoms with Crippen LogP contribution in [0.1, 0.15) is 11.1 Å². The van der Waals surface area contributed by atoms with Gasteiger partial charge in [-0.05, 0) is 111 Å². The highest BCUT2D eigenvalue weighted by Gasteiger charge is 2.34. The van der Waals surface area contributed by atoms with Crippen LogP contribution in [0.25, 0.3) is 6.08 Å². The zero-order valence-electron chi connectivity index (χ0n) is 16.2. The molecule has 3 aromatic rings. The monoisotopic (exact) mass is 674 g/mol. The first-order chi connectivity index (χ1) is 15.3. The molecule has 0 unspecified atom stereocenters. The van der Waals surface area contributed by atoms with Crippen molar-refractivity contribution in [2.75, 3.05) is 4.90 Å². The standard InChI is InChI=1S/C23H14ClFI2N2O3/c24-15-4-6-17(7-5-15)29-22(30)20(28-23(29)31)11-14-9-18(26)21(19(27)10-14)32-12-13-2-1-3-16(25)8-13/h1-11H,12H2,(H,28,31)/b20-11+. The maximum absolute atomic E-state index is 13.4. The van der Waals surface area contributed by atoms with Gasteiger partial charge < -0.3 is 10.1 Å². The molecule has 1 saturated heterocycles. The van der Waals surface area contributed by atoms with E-state index >= 15 is 0 Å². The molecule has 5 nitrogen and oxygen atoms in total. The van der Waals surface area contributed by atoms with Crippen LogP contribution in [0.15, 0.2) is 66.4 Å². The Bertz CT molecular complexity index is 1230. The number of anilines is 1. The van der Waals surface area contributed by atoms with Gasteiger partial charge in [-0.25, -0.2) is 14.1 Å². The number of urea groups is 1. The zero-order chi connectivity index (χ0) is 22.8. The van der Waals surface area contributed by atoms with Crippen LogP contribution in [-0.4, -0.2) is 11.9 Å². The van der Waals surface area contributed by atoms with Crippen molar-refractivity contribution in [3.63, 3.8) is 0 Å². The van der Waals surface area contributed by atoms with Gasteiger partial charge in [-0.2, -0.15) is 0 Å². The van der Waals surface area contributed by atoms with Crippen molar-refractivity contribution < 1.29 is 18.7 Å². The number of amides is 3. The summed E-state index contributed by atoms with van der Waals surface area (Å²) in [6.07, 6.45) is 1.62. The average Bonchev–Trinajstić information content (AvgIpc) is 3.01. The Kier molecular flexibility index (Phi) is 7.01. The molecule has 32 heavy (non-hydrogen) atoms. The second-order valence-electron chi connectivity index (χ2n) is 6.84. The van der Waals surface area contributed by atoms with E-state index in [-0.39, 0.29) is 18.1 Å². The molecule has 1 heterocycles. The summed E-state index contributed by atoms with van der Waals surface area (Å²) in [7, 11) is 0. The van der Waals surface area contributed by atoms with Crippen LogP contribution in [0.3, 0.4) is 0 Å². The van der Waals surface area contributed by atoms with Gasteiger partial charge >= 0.3 is 6.03 Å². The second-order valence-corrected chi connectivity index (χ2v) is 9.60. The fraction of sp³-hybridized carbons (Fsp3) is 0.0435. The Balaban J connectivity index is 1.54. The number of benzene rings is 3. The quantitative estimate of drug-likeness (QED) is 0.195. The molecule has 0 aromatic heterocycles. The second kappa shape index (κ2) is 9.75. The number of hydrogen-bond donors (Lipinski definition) is 1. The van der Waals surface area contributed by atoms with Gasteiger partial charge in [-0.15, -0.1) is 0 Å². The zero-order valence-corrected chi connectivity index (χ0v) is 21.3. The van der Waals surface area contributed by atoms with Crippen molar-refractivity contribution in [3.05, 3.63) is 95.5 Å². The SMILES string of the molecule is O=C1N/C(=C/c2cc(I)c(OCc3cccc(F)c3)c(I)c2)C(=O)N1c1ccc(Cl)cc1.